The van der Waals surface area contributed by atoms with Gasteiger partial charge in [-0.25, -0.2) is 0 Å². The Morgan fingerprint density at radius 2 is 2.27 bits per heavy atom. The molecule has 0 spiro atoms. The molecule has 0 aromatic heterocycles. The van der Waals surface area contributed by atoms with Crippen molar-refractivity contribution in [2.75, 3.05) is 13.7 Å². The minimum absolute atomic E-state index is 0.370. The molecule has 0 aromatic rings. The maximum Gasteiger partial charge on any atom is 0.0615 e. The standard InChI is InChI=1S/C9H19NO/c1-5-8(3)10-9(6-2)7-11-4/h5,8-10H,1,6-7H2,2-4H3. The third-order valence-corrected chi connectivity index (χ3v) is 1.71. The van der Waals surface area contributed by atoms with Crippen molar-refractivity contribution in [3.63, 3.8) is 0 Å². The van der Waals surface area contributed by atoms with E-state index in [1.165, 1.54) is 0 Å². The highest BCUT2D eigenvalue weighted by Crippen LogP contribution is 1.94. The molecular formula is C9H19NO. The monoisotopic (exact) mass is 157 g/mol. The van der Waals surface area contributed by atoms with Gasteiger partial charge in [0.05, 0.1) is 6.61 Å². The van der Waals surface area contributed by atoms with Crippen molar-refractivity contribution >= 4 is 0 Å². The van der Waals surface area contributed by atoms with E-state index >= 15 is 0 Å². The van der Waals surface area contributed by atoms with Crippen molar-refractivity contribution in [1.82, 2.24) is 5.32 Å². The van der Waals surface area contributed by atoms with E-state index in [0.29, 0.717) is 12.1 Å². The van der Waals surface area contributed by atoms with Crippen molar-refractivity contribution in [2.45, 2.75) is 32.4 Å². The van der Waals surface area contributed by atoms with Gasteiger partial charge in [0.2, 0.25) is 0 Å². The zero-order chi connectivity index (χ0) is 8.69. The van der Waals surface area contributed by atoms with Crippen LogP contribution >= 0.6 is 0 Å². The fourth-order valence-corrected chi connectivity index (χ4v) is 0.925. The first kappa shape index (κ1) is 10.7. The van der Waals surface area contributed by atoms with Gasteiger partial charge in [0, 0.05) is 19.2 Å². The summed E-state index contributed by atoms with van der Waals surface area (Å²) in [5.74, 6) is 0. The van der Waals surface area contributed by atoms with Crippen molar-refractivity contribution in [3.05, 3.63) is 12.7 Å². The summed E-state index contributed by atoms with van der Waals surface area (Å²) < 4.78 is 5.04. The molecule has 2 heteroatoms. The van der Waals surface area contributed by atoms with Crippen LogP contribution in [0.3, 0.4) is 0 Å². The Bertz CT molecular complexity index is 104. The van der Waals surface area contributed by atoms with E-state index in [4.69, 9.17) is 4.74 Å². The van der Waals surface area contributed by atoms with Gasteiger partial charge in [0.1, 0.15) is 0 Å². The summed E-state index contributed by atoms with van der Waals surface area (Å²) in [5, 5.41) is 3.37. The molecule has 0 radical (unpaired) electrons. The van der Waals surface area contributed by atoms with Crippen LogP contribution in [0.1, 0.15) is 20.3 Å². The molecule has 0 aliphatic heterocycles. The third-order valence-electron chi connectivity index (χ3n) is 1.71. The first-order chi connectivity index (χ1) is 5.24. The van der Waals surface area contributed by atoms with E-state index in [0.717, 1.165) is 13.0 Å². The molecule has 66 valence electrons. The van der Waals surface area contributed by atoms with Gasteiger partial charge < -0.3 is 10.1 Å². The Kier molecular flexibility index (Phi) is 6.18. The van der Waals surface area contributed by atoms with E-state index in [9.17, 15) is 0 Å². The van der Waals surface area contributed by atoms with Crippen LogP contribution in [0.2, 0.25) is 0 Å². The van der Waals surface area contributed by atoms with Crippen LogP contribution in [0.25, 0.3) is 0 Å². The van der Waals surface area contributed by atoms with Crippen molar-refractivity contribution in [3.8, 4) is 0 Å². The summed E-state index contributed by atoms with van der Waals surface area (Å²) in [6.45, 7) is 8.71. The molecule has 2 unspecified atom stereocenters. The molecule has 0 heterocycles. The van der Waals surface area contributed by atoms with E-state index in [1.807, 2.05) is 6.08 Å². The van der Waals surface area contributed by atoms with Crippen LogP contribution in [0.4, 0.5) is 0 Å². The van der Waals surface area contributed by atoms with Crippen molar-refractivity contribution < 1.29 is 4.74 Å². The predicted molar refractivity (Wildman–Crippen MR) is 48.7 cm³/mol. The Morgan fingerprint density at radius 1 is 1.64 bits per heavy atom. The molecule has 0 fully saturated rings. The number of nitrogens with one attached hydrogen (secondary N) is 1. The van der Waals surface area contributed by atoms with Crippen LogP contribution in [-0.2, 0) is 4.74 Å². The fourth-order valence-electron chi connectivity index (χ4n) is 0.925. The van der Waals surface area contributed by atoms with E-state index in [-0.39, 0.29) is 0 Å². The van der Waals surface area contributed by atoms with Crippen LogP contribution in [0.15, 0.2) is 12.7 Å². The maximum absolute atomic E-state index is 5.04. The number of hydrogen-bond donors (Lipinski definition) is 1. The van der Waals surface area contributed by atoms with Gasteiger partial charge in [0.25, 0.3) is 0 Å². The number of methoxy groups -OCH3 is 1. The smallest absolute Gasteiger partial charge is 0.0615 e. The summed E-state index contributed by atoms with van der Waals surface area (Å²) in [7, 11) is 1.73. The highest BCUT2D eigenvalue weighted by molar-refractivity contribution is 4.83. The Hall–Kier alpha value is -0.340. The molecule has 0 amide bonds. The van der Waals surface area contributed by atoms with E-state index in [2.05, 4.69) is 25.7 Å². The van der Waals surface area contributed by atoms with Gasteiger partial charge in [-0.3, -0.25) is 0 Å². The molecule has 0 saturated carbocycles. The van der Waals surface area contributed by atoms with Gasteiger partial charge in [-0.1, -0.05) is 13.0 Å². The largest absolute Gasteiger partial charge is 0.383 e. The predicted octanol–water partition coefficient (Wildman–Crippen LogP) is 1.58. The van der Waals surface area contributed by atoms with Crippen LogP contribution < -0.4 is 5.32 Å². The summed E-state index contributed by atoms with van der Waals surface area (Å²) in [6, 6.07) is 0.822. The highest BCUT2D eigenvalue weighted by Gasteiger charge is 2.06. The summed E-state index contributed by atoms with van der Waals surface area (Å²) >= 11 is 0. The van der Waals surface area contributed by atoms with Gasteiger partial charge >= 0.3 is 0 Å². The molecule has 0 aromatic carbocycles. The molecule has 11 heavy (non-hydrogen) atoms. The van der Waals surface area contributed by atoms with Crippen LogP contribution in [0.5, 0.6) is 0 Å². The lowest BCUT2D eigenvalue weighted by Gasteiger charge is -2.18. The second-order valence-corrected chi connectivity index (χ2v) is 2.75. The lowest BCUT2D eigenvalue weighted by atomic mass is 10.2. The number of hydrogen-bond acceptors (Lipinski definition) is 2. The third kappa shape index (κ3) is 4.99. The molecule has 0 saturated heterocycles. The highest BCUT2D eigenvalue weighted by atomic mass is 16.5. The van der Waals surface area contributed by atoms with E-state index < -0.39 is 0 Å². The fraction of sp³-hybridized carbons (Fsp3) is 0.778. The molecular weight excluding hydrogens is 138 g/mol. The summed E-state index contributed by atoms with van der Waals surface area (Å²) in [5.41, 5.74) is 0. The van der Waals surface area contributed by atoms with Crippen LogP contribution in [0, 0.1) is 0 Å². The second-order valence-electron chi connectivity index (χ2n) is 2.75. The second kappa shape index (κ2) is 6.38. The minimum atomic E-state index is 0.370. The normalized spacial score (nSPS) is 15.9. The molecule has 2 nitrogen and oxygen atoms in total. The van der Waals surface area contributed by atoms with Gasteiger partial charge in [0.15, 0.2) is 0 Å². The quantitative estimate of drug-likeness (QED) is 0.591. The van der Waals surface area contributed by atoms with Crippen molar-refractivity contribution in [2.24, 2.45) is 0 Å². The summed E-state index contributed by atoms with van der Waals surface area (Å²) in [6.07, 6.45) is 2.99. The average Bonchev–Trinajstić information content (AvgIpc) is 2.03. The van der Waals surface area contributed by atoms with Crippen molar-refractivity contribution in [1.29, 1.82) is 0 Å². The van der Waals surface area contributed by atoms with E-state index in [1.54, 1.807) is 7.11 Å². The molecule has 0 aliphatic carbocycles. The lowest BCUT2D eigenvalue weighted by Crippen LogP contribution is -2.37. The molecule has 0 bridgehead atoms. The summed E-state index contributed by atoms with van der Waals surface area (Å²) in [4.78, 5) is 0. The molecule has 1 N–H and O–H groups in total. The topological polar surface area (TPSA) is 21.3 Å². The Balaban J connectivity index is 3.57. The first-order valence-electron chi connectivity index (χ1n) is 4.12. The zero-order valence-electron chi connectivity index (χ0n) is 7.76. The Labute approximate surface area is 69.6 Å². The minimum Gasteiger partial charge on any atom is -0.383 e. The SMILES string of the molecule is C=CC(C)NC(CC)COC. The average molecular weight is 157 g/mol. The van der Waals surface area contributed by atoms with Crippen LogP contribution in [-0.4, -0.2) is 25.8 Å². The zero-order valence-corrected chi connectivity index (χ0v) is 7.76. The molecule has 2 atom stereocenters. The Morgan fingerprint density at radius 3 is 2.64 bits per heavy atom. The van der Waals surface area contributed by atoms with Gasteiger partial charge in [-0.05, 0) is 13.3 Å². The number of rotatable bonds is 6. The van der Waals surface area contributed by atoms with Gasteiger partial charge in [-0.15, -0.1) is 6.58 Å². The number of ether oxygens (including phenoxy) is 1. The first-order valence-corrected chi connectivity index (χ1v) is 4.12. The molecule has 0 aliphatic rings. The maximum atomic E-state index is 5.04. The van der Waals surface area contributed by atoms with Gasteiger partial charge in [-0.2, -0.15) is 0 Å². The molecule has 0 rings (SSSR count). The lowest BCUT2D eigenvalue weighted by molar-refractivity contribution is 0.162.